The second-order valence-corrected chi connectivity index (χ2v) is 5.25. The molecule has 0 amide bonds. The number of carbonyl (C=O) groups is 2. The van der Waals surface area contributed by atoms with E-state index in [9.17, 15) is 19.8 Å². The van der Waals surface area contributed by atoms with E-state index in [0.717, 1.165) is 0 Å². The number of nitrogens with zero attached hydrogens (tertiary/aromatic N) is 2. The first-order valence-corrected chi connectivity index (χ1v) is 6.06. The van der Waals surface area contributed by atoms with E-state index in [0.29, 0.717) is 0 Å². The lowest BCUT2D eigenvalue weighted by atomic mass is 10.6. The summed E-state index contributed by atoms with van der Waals surface area (Å²) >= 11 is 16.5. The zero-order valence-corrected chi connectivity index (χ0v) is 15.1. The predicted molar refractivity (Wildman–Crippen MR) is 90.4 cm³/mol. The normalized spacial score (nSPS) is 7.80. The number of carboxylic acids is 2. The van der Waals surface area contributed by atoms with Gasteiger partial charge in [0.15, 0.2) is 0 Å². The van der Waals surface area contributed by atoms with Gasteiger partial charge in [-0.3, -0.25) is 0 Å². The van der Waals surface area contributed by atoms with E-state index in [1.54, 1.807) is 0 Å². The molecule has 0 bridgehead atoms. The average molecular weight is 365 g/mol. The highest BCUT2D eigenvalue weighted by Crippen LogP contribution is 1.90. The van der Waals surface area contributed by atoms with Crippen molar-refractivity contribution in [2.75, 3.05) is 27.2 Å². The van der Waals surface area contributed by atoms with Crippen molar-refractivity contribution in [1.29, 1.82) is 0 Å². The maximum Gasteiger partial charge on any atom is 0.133 e. The van der Waals surface area contributed by atoms with Gasteiger partial charge in [0.2, 0.25) is 0 Å². The number of rotatable bonds is 4. The number of thiol groups is 2. The molecule has 8 N–H and O–H groups in total. The minimum Gasteiger partial charge on any atom is -0.548 e. The SMILES string of the molecule is CN(CC(=O)[O-])C(=S)S.CN(CC(=O)[O-])C(=S)S.[NH4+].[NH4+]. The standard InChI is InChI=1S/2C4H7NO2S2.2H3N/c2*1-5(4(8)9)2-3(6)7;;/h2*2H2,1H3,(H,6,7)(H,8,9);2*1H3. The Morgan fingerprint density at radius 3 is 1.15 bits per heavy atom. The summed E-state index contributed by atoms with van der Waals surface area (Å²) in [5.41, 5.74) is 0. The molecule has 0 aromatic carbocycles. The summed E-state index contributed by atoms with van der Waals surface area (Å²) in [4.78, 5) is 22.3. The van der Waals surface area contributed by atoms with Crippen molar-refractivity contribution in [3.63, 3.8) is 0 Å². The van der Waals surface area contributed by atoms with Crippen LogP contribution in [0.1, 0.15) is 0 Å². The molecule has 12 heteroatoms. The van der Waals surface area contributed by atoms with Gasteiger partial charge in [0.1, 0.15) is 8.64 Å². The zero-order valence-electron chi connectivity index (χ0n) is 11.7. The number of likely N-dealkylation sites (N-methyl/N-ethyl adjacent to an activating group) is 2. The Morgan fingerprint density at radius 1 is 0.900 bits per heavy atom. The minimum absolute atomic E-state index is 0. The fourth-order valence-corrected chi connectivity index (χ4v) is 0.793. The van der Waals surface area contributed by atoms with Crippen LogP contribution in [0.2, 0.25) is 0 Å². The number of hydrogen-bond acceptors (Lipinski definition) is 6. The molecule has 0 heterocycles. The number of carbonyl (C=O) groups excluding carboxylic acids is 2. The molecule has 0 aromatic rings. The second-order valence-electron chi connectivity index (χ2n) is 3.02. The molecule has 20 heavy (non-hydrogen) atoms. The first-order valence-electron chi connectivity index (χ1n) is 4.35. The Morgan fingerprint density at radius 2 is 1.10 bits per heavy atom. The van der Waals surface area contributed by atoms with E-state index >= 15 is 0 Å². The van der Waals surface area contributed by atoms with Crippen LogP contribution in [0.5, 0.6) is 0 Å². The van der Waals surface area contributed by atoms with Crippen molar-refractivity contribution >= 4 is 70.3 Å². The van der Waals surface area contributed by atoms with Gasteiger partial charge in [0.05, 0.1) is 25.0 Å². The van der Waals surface area contributed by atoms with Gasteiger partial charge in [0, 0.05) is 14.1 Å². The van der Waals surface area contributed by atoms with Gasteiger partial charge in [-0.25, -0.2) is 0 Å². The van der Waals surface area contributed by atoms with Gasteiger partial charge in [-0.15, -0.1) is 25.3 Å². The van der Waals surface area contributed by atoms with Crippen molar-refractivity contribution in [3.8, 4) is 0 Å². The lowest BCUT2D eigenvalue weighted by Crippen LogP contribution is -2.36. The minimum atomic E-state index is -1.16. The second kappa shape index (κ2) is 14.7. The molecule has 0 spiro atoms. The Labute approximate surface area is 139 Å². The third-order valence-electron chi connectivity index (χ3n) is 1.39. The third-order valence-corrected chi connectivity index (χ3v) is 2.69. The van der Waals surface area contributed by atoms with E-state index < -0.39 is 11.9 Å². The topological polar surface area (TPSA) is 160 Å². The molecule has 0 aromatic heterocycles. The highest BCUT2D eigenvalue weighted by atomic mass is 32.1. The van der Waals surface area contributed by atoms with E-state index in [2.05, 4.69) is 49.7 Å². The fraction of sp³-hybridized carbons (Fsp3) is 0.500. The monoisotopic (exact) mass is 364 g/mol. The predicted octanol–water partition coefficient (Wildman–Crippen LogP) is -1.48. The largest absolute Gasteiger partial charge is 0.548 e. The highest BCUT2D eigenvalue weighted by molar-refractivity contribution is 8.11. The molecule has 0 saturated heterocycles. The average Bonchev–Trinajstić information content (AvgIpc) is 2.16. The highest BCUT2D eigenvalue weighted by Gasteiger charge is 1.97. The summed E-state index contributed by atoms with van der Waals surface area (Å²) < 4.78 is 0.499. The van der Waals surface area contributed by atoms with E-state index in [1.807, 2.05) is 0 Å². The van der Waals surface area contributed by atoms with Crippen molar-refractivity contribution in [2.45, 2.75) is 0 Å². The Bertz CT molecular complexity index is 310. The smallest absolute Gasteiger partial charge is 0.133 e. The molecule has 0 aliphatic rings. The van der Waals surface area contributed by atoms with Crippen LogP contribution in [0.15, 0.2) is 0 Å². The number of hydrogen-bond donors (Lipinski definition) is 4. The van der Waals surface area contributed by atoms with Gasteiger partial charge in [-0.05, 0) is 0 Å². The third kappa shape index (κ3) is 19.7. The number of thiocarbonyl (C=S) groups is 2. The van der Waals surface area contributed by atoms with Crippen LogP contribution >= 0.6 is 49.7 Å². The van der Waals surface area contributed by atoms with Gasteiger partial charge in [-0.2, -0.15) is 0 Å². The Hall–Kier alpha value is -0.660. The maximum atomic E-state index is 9.87. The summed E-state index contributed by atoms with van der Waals surface area (Å²) in [5, 5.41) is 19.7. The first-order chi connectivity index (χ1) is 8.07. The van der Waals surface area contributed by atoms with Gasteiger partial charge in [0.25, 0.3) is 0 Å². The van der Waals surface area contributed by atoms with Crippen LogP contribution in [0, 0.1) is 0 Å². The number of quaternary nitrogens is 2. The molecule has 0 aliphatic carbocycles. The van der Waals surface area contributed by atoms with Crippen molar-refractivity contribution in [1.82, 2.24) is 22.1 Å². The van der Waals surface area contributed by atoms with Crippen LogP contribution in [0.25, 0.3) is 0 Å². The van der Waals surface area contributed by atoms with E-state index in [4.69, 9.17) is 0 Å². The molecule has 0 aliphatic heterocycles. The molecule has 0 fully saturated rings. The van der Waals surface area contributed by atoms with E-state index in [1.165, 1.54) is 23.9 Å². The Kier molecular flexibility index (Phi) is 20.4. The molecule has 120 valence electrons. The molecule has 8 nitrogen and oxygen atoms in total. The number of carboxylic acid groups (broad SMARTS) is 2. The summed E-state index contributed by atoms with van der Waals surface area (Å²) in [6.07, 6.45) is 0. The lowest BCUT2D eigenvalue weighted by Gasteiger charge is -2.15. The quantitative estimate of drug-likeness (QED) is 0.347. The zero-order chi connectivity index (χ0) is 14.9. The van der Waals surface area contributed by atoms with Crippen LogP contribution in [-0.4, -0.2) is 57.6 Å². The van der Waals surface area contributed by atoms with Crippen molar-refractivity contribution in [2.24, 2.45) is 0 Å². The summed E-state index contributed by atoms with van der Waals surface area (Å²) in [7, 11) is 3.07. The molecule has 0 saturated carbocycles. The van der Waals surface area contributed by atoms with Crippen molar-refractivity contribution in [3.05, 3.63) is 0 Å². The van der Waals surface area contributed by atoms with Crippen molar-refractivity contribution < 1.29 is 19.8 Å². The molecule has 0 rings (SSSR count). The Balaban J connectivity index is -0.000000116. The van der Waals surface area contributed by atoms with E-state index in [-0.39, 0.29) is 34.0 Å². The summed E-state index contributed by atoms with van der Waals surface area (Å²) in [6.45, 7) is -0.412. The van der Waals surface area contributed by atoms with Gasteiger partial charge < -0.3 is 41.9 Å². The van der Waals surface area contributed by atoms with Crippen LogP contribution < -0.4 is 22.5 Å². The summed E-state index contributed by atoms with van der Waals surface area (Å²) in [6, 6.07) is 0. The molecule has 0 atom stereocenters. The lowest BCUT2D eigenvalue weighted by molar-refractivity contribution is -0.306. The van der Waals surface area contributed by atoms with Crippen LogP contribution in [-0.2, 0) is 9.59 Å². The first kappa shape index (κ1) is 27.6. The van der Waals surface area contributed by atoms with Gasteiger partial charge in [-0.1, -0.05) is 24.4 Å². The number of aliphatic carboxylic acids is 2. The molecular formula is C8H20N4O4S4. The van der Waals surface area contributed by atoms with Crippen LogP contribution in [0.3, 0.4) is 0 Å². The van der Waals surface area contributed by atoms with Gasteiger partial charge >= 0.3 is 0 Å². The molecule has 0 radical (unpaired) electrons. The van der Waals surface area contributed by atoms with Crippen LogP contribution in [0.4, 0.5) is 0 Å². The summed E-state index contributed by atoms with van der Waals surface area (Å²) in [5.74, 6) is -2.32. The fourth-order valence-electron chi connectivity index (χ4n) is 0.523. The maximum absolute atomic E-state index is 9.87. The molecular weight excluding hydrogens is 344 g/mol. The molecule has 0 unspecified atom stereocenters.